The standard InChI is InChI=1S/C8H14N2OS/c9-7(11)6-4-8(5-10-6)2-1-3-12-8/h6,10H,1-5H2,(H2,9,11). The Morgan fingerprint density at radius 1 is 1.67 bits per heavy atom. The van der Waals surface area contributed by atoms with Crippen LogP contribution < -0.4 is 11.1 Å². The number of thioether (sulfide) groups is 1. The Labute approximate surface area is 76.5 Å². The van der Waals surface area contributed by atoms with Gasteiger partial charge >= 0.3 is 0 Å². The van der Waals surface area contributed by atoms with Crippen LogP contribution in [-0.2, 0) is 4.79 Å². The maximum Gasteiger partial charge on any atom is 0.234 e. The van der Waals surface area contributed by atoms with Crippen LogP contribution in [0.15, 0.2) is 0 Å². The average molecular weight is 186 g/mol. The summed E-state index contributed by atoms with van der Waals surface area (Å²) in [4.78, 5) is 10.9. The number of carbonyl (C=O) groups is 1. The van der Waals surface area contributed by atoms with Gasteiger partial charge in [-0.1, -0.05) is 0 Å². The van der Waals surface area contributed by atoms with Crippen molar-refractivity contribution in [1.29, 1.82) is 0 Å². The van der Waals surface area contributed by atoms with E-state index in [1.165, 1.54) is 18.6 Å². The number of rotatable bonds is 1. The zero-order chi connectivity index (χ0) is 8.60. The molecule has 4 heteroatoms. The highest BCUT2D eigenvalue weighted by atomic mass is 32.2. The van der Waals surface area contributed by atoms with Gasteiger partial charge in [-0.3, -0.25) is 4.79 Å². The van der Waals surface area contributed by atoms with Gasteiger partial charge in [0.15, 0.2) is 0 Å². The second-order valence-corrected chi connectivity index (χ2v) is 5.24. The van der Waals surface area contributed by atoms with Crippen molar-refractivity contribution in [1.82, 2.24) is 5.32 Å². The van der Waals surface area contributed by atoms with Crippen LogP contribution >= 0.6 is 11.8 Å². The van der Waals surface area contributed by atoms with Gasteiger partial charge in [0.25, 0.3) is 0 Å². The molecule has 3 nitrogen and oxygen atoms in total. The second kappa shape index (κ2) is 2.92. The predicted octanol–water partition coefficient (Wildman–Crippen LogP) is 0.0994. The van der Waals surface area contributed by atoms with Gasteiger partial charge in [-0.15, -0.1) is 0 Å². The van der Waals surface area contributed by atoms with Crippen LogP contribution in [0.5, 0.6) is 0 Å². The molecule has 0 aromatic heterocycles. The minimum Gasteiger partial charge on any atom is -0.368 e. The van der Waals surface area contributed by atoms with E-state index in [0.717, 1.165) is 13.0 Å². The van der Waals surface area contributed by atoms with Crippen LogP contribution in [0.25, 0.3) is 0 Å². The quantitative estimate of drug-likeness (QED) is 0.610. The second-order valence-electron chi connectivity index (χ2n) is 3.68. The Kier molecular flexibility index (Phi) is 2.04. The first-order chi connectivity index (χ1) is 5.72. The van der Waals surface area contributed by atoms with Crippen LogP contribution in [0, 0.1) is 0 Å². The zero-order valence-corrected chi connectivity index (χ0v) is 7.82. The molecule has 3 N–H and O–H groups in total. The lowest BCUT2D eigenvalue weighted by Crippen LogP contribution is -2.36. The normalized spacial score (nSPS) is 40.8. The van der Waals surface area contributed by atoms with Crippen molar-refractivity contribution < 1.29 is 4.79 Å². The lowest BCUT2D eigenvalue weighted by Gasteiger charge is -2.19. The van der Waals surface area contributed by atoms with Crippen LogP contribution in [-0.4, -0.2) is 29.0 Å². The van der Waals surface area contributed by atoms with E-state index in [4.69, 9.17) is 5.73 Å². The van der Waals surface area contributed by atoms with Gasteiger partial charge in [0.1, 0.15) is 0 Å². The monoisotopic (exact) mass is 186 g/mol. The first-order valence-electron chi connectivity index (χ1n) is 4.39. The van der Waals surface area contributed by atoms with E-state index in [9.17, 15) is 4.79 Å². The van der Waals surface area contributed by atoms with Gasteiger partial charge in [0, 0.05) is 11.3 Å². The van der Waals surface area contributed by atoms with Crippen LogP contribution in [0.2, 0.25) is 0 Å². The van der Waals surface area contributed by atoms with Gasteiger partial charge in [-0.05, 0) is 25.0 Å². The van der Waals surface area contributed by atoms with E-state index < -0.39 is 0 Å². The van der Waals surface area contributed by atoms with E-state index in [0.29, 0.717) is 4.75 Å². The van der Waals surface area contributed by atoms with Crippen molar-refractivity contribution in [3.8, 4) is 0 Å². The third-order valence-electron chi connectivity index (χ3n) is 2.78. The fourth-order valence-corrected chi connectivity index (χ4v) is 3.56. The first-order valence-corrected chi connectivity index (χ1v) is 5.37. The summed E-state index contributed by atoms with van der Waals surface area (Å²) in [6.07, 6.45) is 3.47. The molecule has 2 aliphatic heterocycles. The number of hydrogen-bond acceptors (Lipinski definition) is 3. The number of amides is 1. The number of carbonyl (C=O) groups excluding carboxylic acids is 1. The summed E-state index contributed by atoms with van der Waals surface area (Å²) in [5.74, 6) is 1.05. The van der Waals surface area contributed by atoms with Crippen molar-refractivity contribution in [3.05, 3.63) is 0 Å². The summed E-state index contributed by atoms with van der Waals surface area (Å²) >= 11 is 2.00. The number of primary amides is 1. The number of nitrogens with one attached hydrogen (secondary N) is 1. The Hall–Kier alpha value is -0.220. The van der Waals surface area contributed by atoms with Crippen LogP contribution in [0.1, 0.15) is 19.3 Å². The molecule has 0 aromatic carbocycles. The zero-order valence-electron chi connectivity index (χ0n) is 7.01. The van der Waals surface area contributed by atoms with Crippen LogP contribution in [0.4, 0.5) is 0 Å². The van der Waals surface area contributed by atoms with E-state index in [-0.39, 0.29) is 11.9 Å². The maximum atomic E-state index is 10.9. The molecule has 0 radical (unpaired) electrons. The molecule has 2 unspecified atom stereocenters. The molecule has 2 fully saturated rings. The number of hydrogen-bond donors (Lipinski definition) is 2. The van der Waals surface area contributed by atoms with Crippen molar-refractivity contribution in [2.24, 2.45) is 5.73 Å². The third kappa shape index (κ3) is 1.33. The summed E-state index contributed by atoms with van der Waals surface area (Å²) in [5.41, 5.74) is 5.24. The lowest BCUT2D eigenvalue weighted by atomic mass is 9.99. The SMILES string of the molecule is NC(=O)C1CC2(CCCS2)CN1. The minimum absolute atomic E-state index is 0.0735. The van der Waals surface area contributed by atoms with E-state index in [1.54, 1.807) is 0 Å². The molecule has 0 aliphatic carbocycles. The molecule has 68 valence electrons. The molecule has 2 rings (SSSR count). The van der Waals surface area contributed by atoms with Crippen molar-refractivity contribution in [2.45, 2.75) is 30.1 Å². The van der Waals surface area contributed by atoms with Gasteiger partial charge in [0.05, 0.1) is 6.04 Å². The van der Waals surface area contributed by atoms with Crippen molar-refractivity contribution in [2.75, 3.05) is 12.3 Å². The maximum absolute atomic E-state index is 10.9. The first kappa shape index (κ1) is 8.38. The smallest absolute Gasteiger partial charge is 0.234 e. The number of nitrogens with two attached hydrogens (primary N) is 1. The van der Waals surface area contributed by atoms with Gasteiger partial charge in [-0.25, -0.2) is 0 Å². The highest BCUT2D eigenvalue weighted by molar-refractivity contribution is 8.00. The summed E-state index contributed by atoms with van der Waals surface area (Å²) in [6, 6.07) is -0.0735. The van der Waals surface area contributed by atoms with E-state index >= 15 is 0 Å². The molecule has 1 spiro atoms. The largest absolute Gasteiger partial charge is 0.368 e. The summed E-state index contributed by atoms with van der Waals surface area (Å²) in [7, 11) is 0. The van der Waals surface area contributed by atoms with Gasteiger partial charge in [0.2, 0.25) is 5.91 Å². The fourth-order valence-electron chi connectivity index (χ4n) is 2.08. The molecule has 2 aliphatic rings. The lowest BCUT2D eigenvalue weighted by molar-refractivity contribution is -0.119. The highest BCUT2D eigenvalue weighted by Gasteiger charge is 2.43. The Balaban J connectivity index is 2.01. The molecular formula is C8H14N2OS. The molecular weight excluding hydrogens is 172 g/mol. The molecule has 2 atom stereocenters. The Bertz CT molecular complexity index is 201. The minimum atomic E-state index is -0.195. The van der Waals surface area contributed by atoms with Crippen molar-refractivity contribution in [3.63, 3.8) is 0 Å². The van der Waals surface area contributed by atoms with Gasteiger partial charge in [-0.2, -0.15) is 11.8 Å². The molecule has 1 amide bonds. The third-order valence-corrected chi connectivity index (χ3v) is 4.40. The molecule has 0 saturated carbocycles. The van der Waals surface area contributed by atoms with Crippen LogP contribution in [0.3, 0.4) is 0 Å². The summed E-state index contributed by atoms with van der Waals surface area (Å²) < 4.78 is 0.347. The van der Waals surface area contributed by atoms with E-state index in [1.807, 2.05) is 11.8 Å². The summed E-state index contributed by atoms with van der Waals surface area (Å²) in [6.45, 7) is 0.964. The highest BCUT2D eigenvalue weighted by Crippen LogP contribution is 2.43. The topological polar surface area (TPSA) is 55.1 Å². The molecule has 12 heavy (non-hydrogen) atoms. The molecule has 0 bridgehead atoms. The van der Waals surface area contributed by atoms with Crippen molar-refractivity contribution >= 4 is 17.7 Å². The van der Waals surface area contributed by atoms with Gasteiger partial charge < -0.3 is 11.1 Å². The molecule has 2 saturated heterocycles. The molecule has 0 aromatic rings. The Morgan fingerprint density at radius 3 is 3.00 bits per heavy atom. The fraction of sp³-hybridized carbons (Fsp3) is 0.875. The van der Waals surface area contributed by atoms with E-state index in [2.05, 4.69) is 5.32 Å². The summed E-state index contributed by atoms with van der Waals surface area (Å²) in [5, 5.41) is 3.19. The molecule has 2 heterocycles. The Morgan fingerprint density at radius 2 is 2.50 bits per heavy atom. The predicted molar refractivity (Wildman–Crippen MR) is 50.0 cm³/mol. The average Bonchev–Trinajstić information content (AvgIpc) is 2.62.